The van der Waals surface area contributed by atoms with Gasteiger partial charge in [-0.1, -0.05) is 13.8 Å². The zero-order valence-corrected chi connectivity index (χ0v) is 12.0. The van der Waals surface area contributed by atoms with Crippen molar-refractivity contribution in [3.05, 3.63) is 11.9 Å². The number of nitrogens with one attached hydrogen (secondary N) is 2. The van der Waals surface area contributed by atoms with Gasteiger partial charge in [-0.15, -0.1) is 0 Å². The Hall–Kier alpha value is -1.40. The molecule has 1 aliphatic rings. The molecule has 1 aromatic rings. The van der Waals surface area contributed by atoms with Gasteiger partial charge in [-0.2, -0.15) is 0 Å². The lowest BCUT2D eigenvalue weighted by Gasteiger charge is -2.30. The molecule has 0 amide bonds. The number of anilines is 2. The van der Waals surface area contributed by atoms with Crippen molar-refractivity contribution in [2.45, 2.75) is 38.6 Å². The third-order valence-corrected chi connectivity index (χ3v) is 3.48. The summed E-state index contributed by atoms with van der Waals surface area (Å²) in [4.78, 5) is 11.3. The third-order valence-electron chi connectivity index (χ3n) is 3.48. The second-order valence-electron chi connectivity index (χ2n) is 5.52. The largest absolute Gasteiger partial charge is 0.367 e. The van der Waals surface area contributed by atoms with Gasteiger partial charge in [0.2, 0.25) is 0 Å². The second-order valence-corrected chi connectivity index (χ2v) is 5.52. The van der Waals surface area contributed by atoms with Gasteiger partial charge in [0.15, 0.2) is 0 Å². The Balaban J connectivity index is 2.08. The number of nitrogens with zero attached hydrogens (tertiary/aromatic N) is 3. The number of rotatable bonds is 4. The van der Waals surface area contributed by atoms with Crippen molar-refractivity contribution in [3.8, 4) is 0 Å². The van der Waals surface area contributed by atoms with Gasteiger partial charge in [0.05, 0.1) is 0 Å². The molecule has 2 heterocycles. The molecule has 0 aromatic carbocycles. The number of hydrogen-bond donors (Lipinski definition) is 3. The average molecular weight is 264 g/mol. The van der Waals surface area contributed by atoms with Crippen LogP contribution in [-0.2, 0) is 0 Å². The first-order valence-electron chi connectivity index (χ1n) is 6.89. The van der Waals surface area contributed by atoms with E-state index in [4.69, 9.17) is 5.84 Å². The molecule has 1 saturated heterocycles. The molecule has 4 N–H and O–H groups in total. The maximum Gasteiger partial charge on any atom is 0.145 e. The number of likely N-dealkylation sites (tertiary alicyclic amines) is 1. The lowest BCUT2D eigenvalue weighted by atomic mass is 10.1. The number of hydrazine groups is 1. The van der Waals surface area contributed by atoms with Crippen LogP contribution in [0.2, 0.25) is 0 Å². The second kappa shape index (κ2) is 6.16. The van der Waals surface area contributed by atoms with Crippen LogP contribution in [0.3, 0.4) is 0 Å². The van der Waals surface area contributed by atoms with E-state index in [1.54, 1.807) is 0 Å². The topological polar surface area (TPSA) is 79.1 Å². The quantitative estimate of drug-likeness (QED) is 0.563. The van der Waals surface area contributed by atoms with E-state index >= 15 is 0 Å². The molecule has 19 heavy (non-hydrogen) atoms. The van der Waals surface area contributed by atoms with Crippen LogP contribution in [0.4, 0.5) is 11.6 Å². The molecule has 6 heteroatoms. The fourth-order valence-electron chi connectivity index (χ4n) is 2.23. The molecule has 0 spiro atoms. The molecule has 1 fully saturated rings. The van der Waals surface area contributed by atoms with Crippen molar-refractivity contribution >= 4 is 11.6 Å². The third kappa shape index (κ3) is 3.78. The maximum atomic E-state index is 5.46. The molecule has 0 saturated carbocycles. The number of aromatic nitrogens is 2. The highest BCUT2D eigenvalue weighted by Crippen LogP contribution is 2.19. The first-order valence-corrected chi connectivity index (χ1v) is 6.89. The van der Waals surface area contributed by atoms with Gasteiger partial charge in [-0.05, 0) is 33.0 Å². The van der Waals surface area contributed by atoms with Crippen LogP contribution in [0.25, 0.3) is 0 Å². The maximum absolute atomic E-state index is 5.46. The number of nitrogen functional groups attached to an aromatic ring is 1. The molecule has 6 nitrogen and oxygen atoms in total. The molecule has 1 aromatic heterocycles. The summed E-state index contributed by atoms with van der Waals surface area (Å²) >= 11 is 0. The van der Waals surface area contributed by atoms with Crippen molar-refractivity contribution < 1.29 is 0 Å². The van der Waals surface area contributed by atoms with Crippen LogP contribution in [0.15, 0.2) is 6.07 Å². The van der Waals surface area contributed by atoms with E-state index in [2.05, 4.69) is 46.5 Å². The van der Waals surface area contributed by atoms with Gasteiger partial charge in [-0.3, -0.25) is 0 Å². The number of hydrogen-bond acceptors (Lipinski definition) is 6. The minimum absolute atomic E-state index is 0.284. The molecule has 1 aliphatic heterocycles. The molecule has 0 radical (unpaired) electrons. The zero-order valence-electron chi connectivity index (χ0n) is 12.0. The molecule has 0 bridgehead atoms. The molecule has 2 rings (SSSR count). The highest BCUT2D eigenvalue weighted by Gasteiger charge is 2.17. The molecule has 0 unspecified atom stereocenters. The standard InChI is InChI=1S/C13H24N6/c1-9(2)13-16-11(8-12(17-13)18-14)15-10-4-6-19(3)7-5-10/h8-10H,4-7,14H2,1-3H3,(H2,15,16,17,18). The Kier molecular flexibility index (Phi) is 4.55. The van der Waals surface area contributed by atoms with E-state index in [-0.39, 0.29) is 5.92 Å². The monoisotopic (exact) mass is 264 g/mol. The highest BCUT2D eigenvalue weighted by atomic mass is 15.3. The molecule has 0 atom stereocenters. The van der Waals surface area contributed by atoms with Gasteiger partial charge < -0.3 is 15.6 Å². The lowest BCUT2D eigenvalue weighted by molar-refractivity contribution is 0.263. The van der Waals surface area contributed by atoms with E-state index in [9.17, 15) is 0 Å². The van der Waals surface area contributed by atoms with Gasteiger partial charge in [-0.25, -0.2) is 15.8 Å². The molecular formula is C13H24N6. The molecular weight excluding hydrogens is 240 g/mol. The van der Waals surface area contributed by atoms with Gasteiger partial charge in [0, 0.05) is 18.0 Å². The summed E-state index contributed by atoms with van der Waals surface area (Å²) < 4.78 is 0. The first kappa shape index (κ1) is 14.0. The van der Waals surface area contributed by atoms with Crippen LogP contribution in [0, 0.1) is 0 Å². The Labute approximate surface area is 114 Å². The molecule has 106 valence electrons. The van der Waals surface area contributed by atoms with Crippen LogP contribution in [-0.4, -0.2) is 41.0 Å². The predicted octanol–water partition coefficient (Wildman–Crippen LogP) is 1.39. The van der Waals surface area contributed by atoms with Crippen molar-refractivity contribution in [2.24, 2.45) is 5.84 Å². The minimum Gasteiger partial charge on any atom is -0.367 e. The first-order chi connectivity index (χ1) is 9.08. The Morgan fingerprint density at radius 3 is 2.47 bits per heavy atom. The summed E-state index contributed by atoms with van der Waals surface area (Å²) in [6.45, 7) is 6.41. The van der Waals surface area contributed by atoms with Crippen LogP contribution in [0.1, 0.15) is 38.4 Å². The van der Waals surface area contributed by atoms with Crippen molar-refractivity contribution in [1.82, 2.24) is 14.9 Å². The average Bonchev–Trinajstić information content (AvgIpc) is 2.41. The summed E-state index contributed by atoms with van der Waals surface area (Å²) in [7, 11) is 2.16. The summed E-state index contributed by atoms with van der Waals surface area (Å²) in [6.07, 6.45) is 2.28. The van der Waals surface area contributed by atoms with Gasteiger partial charge in [0.25, 0.3) is 0 Å². The SMILES string of the molecule is CC(C)c1nc(NN)cc(NC2CCN(C)CC2)n1. The summed E-state index contributed by atoms with van der Waals surface area (Å²) in [5.41, 5.74) is 2.61. The molecule has 0 aliphatic carbocycles. The zero-order chi connectivity index (χ0) is 13.8. The van der Waals surface area contributed by atoms with Crippen molar-refractivity contribution in [1.29, 1.82) is 0 Å². The Morgan fingerprint density at radius 2 is 1.89 bits per heavy atom. The fraction of sp³-hybridized carbons (Fsp3) is 0.692. The number of nitrogens with two attached hydrogens (primary N) is 1. The van der Waals surface area contributed by atoms with E-state index < -0.39 is 0 Å². The van der Waals surface area contributed by atoms with E-state index in [1.807, 2.05) is 6.07 Å². The predicted molar refractivity (Wildman–Crippen MR) is 78.1 cm³/mol. The van der Waals surface area contributed by atoms with E-state index in [0.29, 0.717) is 11.9 Å². The van der Waals surface area contributed by atoms with Gasteiger partial charge in [0.1, 0.15) is 17.5 Å². The van der Waals surface area contributed by atoms with Crippen molar-refractivity contribution in [3.63, 3.8) is 0 Å². The normalized spacial score (nSPS) is 17.7. The Bertz CT molecular complexity index is 412. The fourth-order valence-corrected chi connectivity index (χ4v) is 2.23. The van der Waals surface area contributed by atoms with Crippen molar-refractivity contribution in [2.75, 3.05) is 30.9 Å². The minimum atomic E-state index is 0.284. The van der Waals surface area contributed by atoms with Crippen LogP contribution in [0.5, 0.6) is 0 Å². The van der Waals surface area contributed by atoms with E-state index in [1.165, 1.54) is 0 Å². The summed E-state index contributed by atoms with van der Waals surface area (Å²) in [5.74, 6) is 8.08. The van der Waals surface area contributed by atoms with Crippen LogP contribution >= 0.6 is 0 Å². The lowest BCUT2D eigenvalue weighted by Crippen LogP contribution is -2.37. The van der Waals surface area contributed by atoms with Gasteiger partial charge >= 0.3 is 0 Å². The number of piperidine rings is 1. The highest BCUT2D eigenvalue weighted by molar-refractivity contribution is 5.47. The smallest absolute Gasteiger partial charge is 0.145 e. The Morgan fingerprint density at radius 1 is 1.26 bits per heavy atom. The summed E-state index contributed by atoms with van der Waals surface area (Å²) in [6, 6.07) is 2.35. The van der Waals surface area contributed by atoms with E-state index in [0.717, 1.165) is 37.6 Å². The van der Waals surface area contributed by atoms with Crippen LogP contribution < -0.4 is 16.6 Å². The summed E-state index contributed by atoms with van der Waals surface area (Å²) in [5, 5.41) is 3.50.